The molecule has 0 radical (unpaired) electrons. The van der Waals surface area contributed by atoms with Crippen LogP contribution in [0.5, 0.6) is 11.5 Å². The Kier molecular flexibility index (Phi) is 10.3. The number of nitrogens with zero attached hydrogens (tertiary/aromatic N) is 1. The van der Waals surface area contributed by atoms with Crippen molar-refractivity contribution in [1.29, 1.82) is 0 Å². The molecule has 5 nitrogen and oxygen atoms in total. The van der Waals surface area contributed by atoms with Gasteiger partial charge in [-0.15, -0.1) is 12.4 Å². The number of piperidine rings is 1. The van der Waals surface area contributed by atoms with E-state index in [1.165, 1.54) is 24.0 Å². The van der Waals surface area contributed by atoms with Gasteiger partial charge in [0.1, 0.15) is 18.1 Å². The molecule has 4 rings (SSSR count). The second-order valence-corrected chi connectivity index (χ2v) is 9.72. The molecule has 0 spiro atoms. The molecular formula is C26H35BrClNO4. The first-order valence-electron chi connectivity index (χ1n) is 11.7. The highest BCUT2D eigenvalue weighted by atomic mass is 79.9. The third kappa shape index (κ3) is 7.33. The number of rotatable bonds is 9. The van der Waals surface area contributed by atoms with Crippen molar-refractivity contribution in [3.8, 4) is 11.5 Å². The molecule has 0 aromatic heterocycles. The van der Waals surface area contributed by atoms with Gasteiger partial charge in [-0.3, -0.25) is 0 Å². The van der Waals surface area contributed by atoms with Gasteiger partial charge in [-0.05, 0) is 96.0 Å². The maximum atomic E-state index is 10.2. The smallest absolute Gasteiger partial charge is 0.133 e. The molecule has 182 valence electrons. The van der Waals surface area contributed by atoms with E-state index in [1.807, 2.05) is 6.07 Å². The first-order chi connectivity index (χ1) is 15.6. The lowest BCUT2D eigenvalue weighted by Crippen LogP contribution is -2.35. The van der Waals surface area contributed by atoms with E-state index >= 15 is 0 Å². The van der Waals surface area contributed by atoms with Crippen LogP contribution in [0.2, 0.25) is 0 Å². The molecule has 33 heavy (non-hydrogen) atoms. The number of benzene rings is 2. The zero-order valence-corrected chi connectivity index (χ0v) is 21.7. The predicted octanol–water partition coefficient (Wildman–Crippen LogP) is 5.21. The van der Waals surface area contributed by atoms with Crippen molar-refractivity contribution in [2.24, 2.45) is 5.92 Å². The molecule has 1 saturated heterocycles. The predicted molar refractivity (Wildman–Crippen MR) is 137 cm³/mol. The first kappa shape index (κ1) is 26.3. The monoisotopic (exact) mass is 539 g/mol. The standard InChI is InChI=1S/C26H34BrNO4.ClH/c1-30-14-15-32-26-18-21(2-4-23(26)27)16-20-7-11-28(12-8-20)10-6-19-3-5-25-22(17-19)24(29)9-13-31-25;/h2-5,17-18,20,24,29H,6-16H2,1H3;1H. The Morgan fingerprint density at radius 3 is 2.64 bits per heavy atom. The number of methoxy groups -OCH3 is 1. The molecule has 2 aliphatic heterocycles. The summed E-state index contributed by atoms with van der Waals surface area (Å²) in [5.41, 5.74) is 3.58. The summed E-state index contributed by atoms with van der Waals surface area (Å²) >= 11 is 3.58. The van der Waals surface area contributed by atoms with Gasteiger partial charge in [0, 0.05) is 25.6 Å². The molecule has 1 unspecified atom stereocenters. The van der Waals surface area contributed by atoms with Crippen molar-refractivity contribution in [3.05, 3.63) is 57.6 Å². The van der Waals surface area contributed by atoms with Crippen molar-refractivity contribution >= 4 is 28.3 Å². The summed E-state index contributed by atoms with van der Waals surface area (Å²) in [6.07, 6.45) is 4.87. The fourth-order valence-corrected chi connectivity index (χ4v) is 5.00. The summed E-state index contributed by atoms with van der Waals surface area (Å²) in [4.78, 5) is 2.57. The Labute approximate surface area is 212 Å². The van der Waals surface area contributed by atoms with E-state index < -0.39 is 0 Å². The quantitative estimate of drug-likeness (QED) is 0.443. The highest BCUT2D eigenvalue weighted by molar-refractivity contribution is 9.10. The van der Waals surface area contributed by atoms with Crippen LogP contribution in [0.3, 0.4) is 0 Å². The largest absolute Gasteiger partial charge is 0.493 e. The number of ether oxygens (including phenoxy) is 3. The van der Waals surface area contributed by atoms with Crippen molar-refractivity contribution in [3.63, 3.8) is 0 Å². The van der Waals surface area contributed by atoms with Gasteiger partial charge in [0.25, 0.3) is 0 Å². The molecule has 2 aromatic rings. The highest BCUT2D eigenvalue weighted by Gasteiger charge is 2.21. The van der Waals surface area contributed by atoms with Crippen LogP contribution in [0.15, 0.2) is 40.9 Å². The molecule has 1 fully saturated rings. The normalized spacial score (nSPS) is 18.8. The molecule has 0 saturated carbocycles. The van der Waals surface area contributed by atoms with E-state index in [0.717, 1.165) is 59.9 Å². The van der Waals surface area contributed by atoms with Crippen LogP contribution in [0.1, 0.15) is 42.1 Å². The molecule has 2 aliphatic rings. The van der Waals surface area contributed by atoms with Crippen LogP contribution in [0, 0.1) is 5.92 Å². The van der Waals surface area contributed by atoms with Gasteiger partial charge in [0.2, 0.25) is 0 Å². The third-order valence-electron chi connectivity index (χ3n) is 6.57. The average Bonchev–Trinajstić information content (AvgIpc) is 2.81. The van der Waals surface area contributed by atoms with Crippen molar-refractivity contribution in [2.45, 2.75) is 38.2 Å². The van der Waals surface area contributed by atoms with E-state index in [2.05, 4.69) is 51.2 Å². The van der Waals surface area contributed by atoms with Crippen LogP contribution >= 0.6 is 28.3 Å². The minimum Gasteiger partial charge on any atom is -0.493 e. The number of likely N-dealkylation sites (tertiary alicyclic amines) is 1. The average molecular weight is 541 g/mol. The van der Waals surface area contributed by atoms with E-state index in [-0.39, 0.29) is 18.5 Å². The fourth-order valence-electron chi connectivity index (χ4n) is 4.64. The van der Waals surface area contributed by atoms with Crippen LogP contribution < -0.4 is 9.47 Å². The molecule has 7 heteroatoms. The molecule has 2 heterocycles. The number of halogens is 2. The van der Waals surface area contributed by atoms with Crippen LogP contribution in [-0.2, 0) is 17.6 Å². The maximum absolute atomic E-state index is 10.2. The number of hydrogen-bond donors (Lipinski definition) is 1. The molecule has 1 atom stereocenters. The SMILES string of the molecule is COCCOc1cc(CC2CCN(CCc3ccc4c(c3)C(O)CCO4)CC2)ccc1Br.Cl. The first-order valence-corrected chi connectivity index (χ1v) is 12.5. The van der Waals surface area contributed by atoms with Gasteiger partial charge < -0.3 is 24.2 Å². The van der Waals surface area contributed by atoms with E-state index in [0.29, 0.717) is 26.2 Å². The summed E-state index contributed by atoms with van der Waals surface area (Å²) in [5, 5.41) is 10.2. The van der Waals surface area contributed by atoms with Gasteiger partial charge in [-0.1, -0.05) is 12.1 Å². The van der Waals surface area contributed by atoms with E-state index in [9.17, 15) is 5.11 Å². The fraction of sp³-hybridized carbons (Fsp3) is 0.538. The Bertz CT molecular complexity index is 889. The minimum absolute atomic E-state index is 0. The molecular weight excluding hydrogens is 506 g/mol. The van der Waals surface area contributed by atoms with Gasteiger partial charge >= 0.3 is 0 Å². The molecule has 0 aliphatic carbocycles. The Morgan fingerprint density at radius 2 is 1.85 bits per heavy atom. The second kappa shape index (κ2) is 13.0. The van der Waals surface area contributed by atoms with Crippen molar-refractivity contribution in [2.75, 3.05) is 46.6 Å². The summed E-state index contributed by atoms with van der Waals surface area (Å²) in [6, 6.07) is 12.8. The number of aliphatic hydroxyl groups excluding tert-OH is 1. The third-order valence-corrected chi connectivity index (χ3v) is 7.23. The number of fused-ring (bicyclic) bond motifs is 1. The Balaban J connectivity index is 0.00000306. The Morgan fingerprint density at radius 1 is 1.06 bits per heavy atom. The van der Waals surface area contributed by atoms with Gasteiger partial charge in [0.05, 0.1) is 23.8 Å². The van der Waals surface area contributed by atoms with Crippen LogP contribution in [0.25, 0.3) is 0 Å². The zero-order valence-electron chi connectivity index (χ0n) is 19.3. The number of aliphatic hydroxyl groups is 1. The summed E-state index contributed by atoms with van der Waals surface area (Å²) < 4.78 is 17.6. The summed E-state index contributed by atoms with van der Waals surface area (Å²) in [5.74, 6) is 2.46. The van der Waals surface area contributed by atoms with E-state index in [1.54, 1.807) is 7.11 Å². The molecule has 1 N–H and O–H groups in total. The lowest BCUT2D eigenvalue weighted by Gasteiger charge is -2.32. The van der Waals surface area contributed by atoms with Crippen molar-refractivity contribution in [1.82, 2.24) is 4.90 Å². The van der Waals surface area contributed by atoms with Crippen LogP contribution in [-0.4, -0.2) is 56.6 Å². The Hall–Kier alpha value is -1.31. The lowest BCUT2D eigenvalue weighted by molar-refractivity contribution is 0.115. The zero-order chi connectivity index (χ0) is 22.3. The highest BCUT2D eigenvalue weighted by Crippen LogP contribution is 2.33. The topological polar surface area (TPSA) is 51.2 Å². The minimum atomic E-state index is -0.390. The van der Waals surface area contributed by atoms with Crippen molar-refractivity contribution < 1.29 is 19.3 Å². The molecule has 2 aromatic carbocycles. The second-order valence-electron chi connectivity index (χ2n) is 8.87. The van der Waals surface area contributed by atoms with Gasteiger partial charge in [-0.2, -0.15) is 0 Å². The summed E-state index contributed by atoms with van der Waals surface area (Å²) in [6.45, 7) is 5.12. The molecule has 0 amide bonds. The van der Waals surface area contributed by atoms with Gasteiger partial charge in [0.15, 0.2) is 0 Å². The summed E-state index contributed by atoms with van der Waals surface area (Å²) in [7, 11) is 1.69. The lowest BCUT2D eigenvalue weighted by atomic mass is 9.90. The van der Waals surface area contributed by atoms with Gasteiger partial charge in [-0.25, -0.2) is 0 Å². The molecule has 0 bridgehead atoms. The maximum Gasteiger partial charge on any atom is 0.133 e. The number of hydrogen-bond acceptors (Lipinski definition) is 5. The van der Waals surface area contributed by atoms with Crippen LogP contribution in [0.4, 0.5) is 0 Å². The van der Waals surface area contributed by atoms with E-state index in [4.69, 9.17) is 14.2 Å².